The summed E-state index contributed by atoms with van der Waals surface area (Å²) in [6.07, 6.45) is 20.3. The maximum Gasteiger partial charge on any atom is 0.137 e. The Balaban J connectivity index is -0.000000198. The van der Waals surface area contributed by atoms with Crippen LogP contribution in [0.1, 0.15) is 180 Å². The lowest BCUT2D eigenvalue weighted by Crippen LogP contribution is -2.21. The van der Waals surface area contributed by atoms with E-state index in [0.29, 0.717) is 6.54 Å². The van der Waals surface area contributed by atoms with Gasteiger partial charge in [0, 0.05) is 53.8 Å². The zero-order valence-corrected chi connectivity index (χ0v) is 44.1. The van der Waals surface area contributed by atoms with E-state index >= 15 is 0 Å². The molecule has 0 unspecified atom stereocenters. The van der Waals surface area contributed by atoms with E-state index in [1.807, 2.05) is 127 Å². The Bertz CT molecular complexity index is 1340. The molecule has 0 aromatic carbocycles. The maximum absolute atomic E-state index is 4.10. The van der Waals surface area contributed by atoms with Gasteiger partial charge in [0.05, 0.1) is 23.1 Å². The molecule has 0 aliphatic carbocycles. The van der Waals surface area contributed by atoms with Gasteiger partial charge in [0.1, 0.15) is 31.9 Å². The lowest BCUT2D eigenvalue weighted by Gasteiger charge is -2.20. The molecule has 0 bridgehead atoms. The van der Waals surface area contributed by atoms with E-state index in [1.165, 1.54) is 0 Å². The van der Waals surface area contributed by atoms with Gasteiger partial charge in [-0.25, -0.2) is 14.6 Å². The second kappa shape index (κ2) is 36.0. The molecule has 0 atom stereocenters. The van der Waals surface area contributed by atoms with Crippen LogP contribution in [-0.4, -0.2) is 65.7 Å². The van der Waals surface area contributed by atoms with Gasteiger partial charge in [0.15, 0.2) is 0 Å². The Labute approximate surface area is 374 Å². The molecule has 0 amide bonds. The number of hydrogen-bond donors (Lipinski definition) is 0. The molecule has 0 saturated carbocycles. The van der Waals surface area contributed by atoms with Gasteiger partial charge in [0.2, 0.25) is 0 Å². The maximum atomic E-state index is 4.10. The summed E-state index contributed by atoms with van der Waals surface area (Å²) in [6, 6.07) is 6.03. The van der Waals surface area contributed by atoms with Gasteiger partial charge in [-0.05, 0) is 134 Å². The molecule has 0 radical (unpaired) electrons. The summed E-state index contributed by atoms with van der Waals surface area (Å²) < 4.78 is 9.99. The highest BCUT2D eigenvalue weighted by atomic mass is 15.4. The predicted molar refractivity (Wildman–Crippen MR) is 263 cm³/mol. The summed E-state index contributed by atoms with van der Waals surface area (Å²) in [6.45, 7) is 54.6. The third-order valence-corrected chi connectivity index (χ3v) is 6.73. The van der Waals surface area contributed by atoms with Crippen LogP contribution < -0.4 is 0 Å². The Hall–Kier alpha value is -4.75. The Kier molecular flexibility index (Phi) is 38.5. The average Bonchev–Trinajstić information content (AvgIpc) is 4.07. The van der Waals surface area contributed by atoms with Gasteiger partial charge in [0.25, 0.3) is 0 Å². The highest BCUT2D eigenvalue weighted by Gasteiger charge is 2.13. The van der Waals surface area contributed by atoms with Crippen molar-refractivity contribution in [3.05, 3.63) is 87.0 Å². The van der Waals surface area contributed by atoms with Crippen molar-refractivity contribution in [2.45, 2.75) is 208 Å². The first-order chi connectivity index (χ1) is 28.4. The van der Waals surface area contributed by atoms with E-state index in [4.69, 9.17) is 0 Å². The van der Waals surface area contributed by atoms with E-state index in [2.05, 4.69) is 171 Å². The summed E-state index contributed by atoms with van der Waals surface area (Å²) >= 11 is 0. The summed E-state index contributed by atoms with van der Waals surface area (Å²) in [5, 5.41) is 26.1. The fourth-order valence-corrected chi connectivity index (χ4v) is 3.48. The summed E-state index contributed by atoms with van der Waals surface area (Å²) in [4.78, 5) is 7.79. The van der Waals surface area contributed by atoms with Crippen molar-refractivity contribution in [2.75, 3.05) is 6.54 Å². The molecule has 0 fully saturated rings. The molecular formula is C47H94N14. The van der Waals surface area contributed by atoms with Crippen LogP contribution in [0.25, 0.3) is 0 Å². The first-order valence-electron chi connectivity index (χ1n) is 22.1. The summed E-state index contributed by atoms with van der Waals surface area (Å²) in [7, 11) is 0. The molecule has 1 aliphatic heterocycles. The molecule has 14 heteroatoms. The van der Waals surface area contributed by atoms with Crippen LogP contribution >= 0.6 is 0 Å². The fraction of sp³-hybridized carbons (Fsp3) is 0.681. The smallest absolute Gasteiger partial charge is 0.137 e. The molecule has 5 aromatic rings. The van der Waals surface area contributed by atoms with Crippen LogP contribution in [-0.2, 0) is 27.7 Å². The molecule has 6 rings (SSSR count). The van der Waals surface area contributed by atoms with Crippen LogP contribution in [0.3, 0.4) is 0 Å². The summed E-state index contributed by atoms with van der Waals surface area (Å²) in [5.41, 5.74) is 1.72. The largest absolute Gasteiger partial charge is 0.349 e. The second-order valence-electron chi connectivity index (χ2n) is 16.8. The minimum absolute atomic E-state index is 0.0660. The van der Waals surface area contributed by atoms with Crippen LogP contribution in [0.15, 0.2) is 102 Å². The number of hydrogen-bond acceptors (Lipinski definition) is 9. The number of aromatic nitrogens is 11. The van der Waals surface area contributed by atoms with Crippen molar-refractivity contribution in [1.29, 1.82) is 0 Å². The first kappa shape index (κ1) is 65.4. The van der Waals surface area contributed by atoms with E-state index < -0.39 is 0 Å². The monoisotopic (exact) mass is 855 g/mol. The zero-order valence-electron chi connectivity index (χ0n) is 44.1. The normalized spacial score (nSPS) is 11.1. The molecule has 14 nitrogen and oxygen atoms in total. The van der Waals surface area contributed by atoms with Crippen molar-refractivity contribution in [3.8, 4) is 0 Å². The van der Waals surface area contributed by atoms with Crippen LogP contribution in [0, 0.1) is 0 Å². The summed E-state index contributed by atoms with van der Waals surface area (Å²) in [5.74, 6) is 0. The number of nitrogens with zero attached hydrogens (tertiary/aromatic N) is 14. The number of imidazole rings is 1. The van der Waals surface area contributed by atoms with Gasteiger partial charge in [-0.1, -0.05) is 69.2 Å². The van der Waals surface area contributed by atoms with E-state index in [0.717, 1.165) is 5.71 Å². The van der Waals surface area contributed by atoms with Crippen LogP contribution in [0.2, 0.25) is 0 Å². The first-order valence-corrected chi connectivity index (χ1v) is 22.1. The zero-order chi connectivity index (χ0) is 48.9. The van der Waals surface area contributed by atoms with Gasteiger partial charge < -0.3 is 13.7 Å². The Morgan fingerprint density at radius 3 is 1.07 bits per heavy atom. The van der Waals surface area contributed by atoms with Crippen molar-refractivity contribution < 1.29 is 0 Å². The van der Waals surface area contributed by atoms with Crippen molar-refractivity contribution >= 4 is 5.71 Å². The lowest BCUT2D eigenvalue weighted by atomic mass is 10.1. The standard InChI is InChI=1S/C8H13N.2C7H12N2.2C6H11N3.C3H5N3.5C2H6/c1-8(2,3)9-6-4-5-7-9;1-7(2,3)9-5-4-8-6-9;1-7(2,3)9-6-4-5-8-9;1-6(2,3)9-4-7-8-5-9;1-6(2,3)9-5-7-4-8-9;1-3-2-4-6-5-3;5*1-2/h4-7H,1-3H3;2*4-6H,1-3H3;2*4-5H,1-3H3;2H2,1H3;5*1-2H3. The molecule has 0 spiro atoms. The van der Waals surface area contributed by atoms with Gasteiger partial charge >= 0.3 is 0 Å². The third kappa shape index (κ3) is 34.6. The van der Waals surface area contributed by atoms with Crippen molar-refractivity contribution in [1.82, 2.24) is 53.4 Å². The Morgan fingerprint density at radius 1 is 0.426 bits per heavy atom. The SMILES string of the molecule is CC.CC.CC.CC.CC.CC(C)(C)n1cccc1.CC(C)(C)n1cccn1.CC(C)(C)n1ccnc1.CC(C)(C)n1cncn1.CC(C)(C)n1cnnc1.CC1=NN=NC1. The van der Waals surface area contributed by atoms with Gasteiger partial charge in [-0.3, -0.25) is 4.68 Å². The average molecular weight is 855 g/mol. The molecule has 6 heterocycles. The van der Waals surface area contributed by atoms with E-state index in [9.17, 15) is 0 Å². The molecule has 61 heavy (non-hydrogen) atoms. The van der Waals surface area contributed by atoms with E-state index in [1.54, 1.807) is 37.7 Å². The Morgan fingerprint density at radius 2 is 0.885 bits per heavy atom. The second-order valence-corrected chi connectivity index (χ2v) is 16.8. The molecule has 0 N–H and O–H groups in total. The van der Waals surface area contributed by atoms with E-state index in [-0.39, 0.29) is 27.7 Å². The minimum atomic E-state index is 0.0660. The fourth-order valence-electron chi connectivity index (χ4n) is 3.48. The minimum Gasteiger partial charge on any atom is -0.349 e. The predicted octanol–water partition coefficient (Wildman–Crippen LogP) is 13.5. The van der Waals surface area contributed by atoms with Crippen LogP contribution in [0.5, 0.6) is 0 Å². The molecule has 352 valence electrons. The quantitative estimate of drug-likeness (QED) is 0.152. The van der Waals surface area contributed by atoms with Crippen LogP contribution in [0.4, 0.5) is 0 Å². The molecule has 1 aliphatic rings. The number of rotatable bonds is 0. The molecule has 0 saturated heterocycles. The topological polar surface area (TPSA) is 139 Å². The van der Waals surface area contributed by atoms with Gasteiger partial charge in [-0.15, -0.1) is 15.3 Å². The molecule has 5 aromatic heterocycles. The van der Waals surface area contributed by atoms with Gasteiger partial charge in [-0.2, -0.15) is 15.3 Å². The molecular weight excluding hydrogens is 761 g/mol. The highest BCUT2D eigenvalue weighted by molar-refractivity contribution is 5.84. The lowest BCUT2D eigenvalue weighted by molar-refractivity contribution is 0.354. The van der Waals surface area contributed by atoms with Crippen molar-refractivity contribution in [3.63, 3.8) is 0 Å². The highest BCUT2D eigenvalue weighted by Crippen LogP contribution is 2.13. The third-order valence-electron chi connectivity index (χ3n) is 6.73. The van der Waals surface area contributed by atoms with Crippen molar-refractivity contribution in [2.24, 2.45) is 15.4 Å².